The monoisotopic (exact) mass is 222 g/mol. The molecule has 0 spiro atoms. The molecule has 0 heterocycles. The maximum Gasteiger partial charge on any atom is 0.317 e. The Morgan fingerprint density at radius 1 is 1.00 bits per heavy atom. The second-order valence-corrected chi connectivity index (χ2v) is 3.64. The molecular formula is C10H7F5. The number of halogens is 5. The topological polar surface area (TPSA) is 0 Å². The van der Waals surface area contributed by atoms with E-state index in [-0.39, 0.29) is 5.56 Å². The van der Waals surface area contributed by atoms with Crippen LogP contribution in [0.15, 0.2) is 24.3 Å². The second-order valence-electron chi connectivity index (χ2n) is 3.64. The van der Waals surface area contributed by atoms with Gasteiger partial charge in [-0.25, -0.2) is 4.39 Å². The molecule has 2 rings (SSSR count). The van der Waals surface area contributed by atoms with Gasteiger partial charge in [0.25, 0.3) is 0 Å². The van der Waals surface area contributed by atoms with E-state index in [0.717, 1.165) is 24.3 Å². The molecule has 1 aromatic carbocycles. The first-order chi connectivity index (χ1) is 6.84. The van der Waals surface area contributed by atoms with Crippen LogP contribution in [0.1, 0.15) is 17.9 Å². The highest BCUT2D eigenvalue weighted by Crippen LogP contribution is 2.59. The Morgan fingerprint density at radius 3 is 1.93 bits per heavy atom. The summed E-state index contributed by atoms with van der Waals surface area (Å²) >= 11 is 0. The van der Waals surface area contributed by atoms with Crippen LogP contribution >= 0.6 is 0 Å². The Labute approximate surface area is 82.7 Å². The van der Waals surface area contributed by atoms with Gasteiger partial charge in [0.2, 0.25) is 0 Å². The number of alkyl halides is 4. The fourth-order valence-corrected chi connectivity index (χ4v) is 1.67. The van der Waals surface area contributed by atoms with Crippen molar-refractivity contribution in [1.29, 1.82) is 0 Å². The van der Waals surface area contributed by atoms with E-state index in [1.807, 2.05) is 0 Å². The van der Waals surface area contributed by atoms with Crippen molar-refractivity contribution in [2.45, 2.75) is 24.2 Å². The molecule has 0 radical (unpaired) electrons. The van der Waals surface area contributed by atoms with Gasteiger partial charge in [-0.3, -0.25) is 0 Å². The van der Waals surface area contributed by atoms with E-state index in [1.165, 1.54) is 0 Å². The van der Waals surface area contributed by atoms with Crippen molar-refractivity contribution in [3.05, 3.63) is 35.6 Å². The van der Waals surface area contributed by atoms with Crippen molar-refractivity contribution in [1.82, 2.24) is 0 Å². The van der Waals surface area contributed by atoms with Crippen LogP contribution in [0.4, 0.5) is 22.0 Å². The molecular weight excluding hydrogens is 215 g/mol. The summed E-state index contributed by atoms with van der Waals surface area (Å²) in [4.78, 5) is 0. The Hall–Kier alpha value is -1.13. The van der Waals surface area contributed by atoms with Crippen LogP contribution in [0.5, 0.6) is 0 Å². The van der Waals surface area contributed by atoms with Gasteiger partial charge in [0, 0.05) is 6.42 Å². The van der Waals surface area contributed by atoms with Crippen LogP contribution in [0.2, 0.25) is 0 Å². The van der Waals surface area contributed by atoms with Crippen LogP contribution in [0.25, 0.3) is 0 Å². The largest absolute Gasteiger partial charge is 0.317 e. The lowest BCUT2D eigenvalue weighted by Crippen LogP contribution is -2.56. The minimum atomic E-state index is -4.02. The molecule has 1 aliphatic carbocycles. The summed E-state index contributed by atoms with van der Waals surface area (Å²) in [5, 5.41) is 0. The van der Waals surface area contributed by atoms with Gasteiger partial charge >= 0.3 is 11.8 Å². The minimum absolute atomic E-state index is 0.0484. The van der Waals surface area contributed by atoms with Gasteiger partial charge in [-0.1, -0.05) is 12.1 Å². The van der Waals surface area contributed by atoms with Gasteiger partial charge in [0.15, 0.2) is 0 Å². The second kappa shape index (κ2) is 2.93. The lowest BCUT2D eigenvalue weighted by Gasteiger charge is -2.44. The summed E-state index contributed by atoms with van der Waals surface area (Å²) in [6.07, 6.45) is -0.883. The molecule has 0 unspecified atom stereocenters. The third-order valence-electron chi connectivity index (χ3n) is 2.66. The van der Waals surface area contributed by atoms with E-state index >= 15 is 0 Å². The number of hydrogen-bond donors (Lipinski definition) is 0. The highest BCUT2D eigenvalue weighted by Gasteiger charge is 2.71. The Kier molecular flexibility index (Phi) is 2.03. The van der Waals surface area contributed by atoms with E-state index < -0.39 is 30.0 Å². The fraction of sp³-hybridized carbons (Fsp3) is 0.400. The highest BCUT2D eigenvalue weighted by atomic mass is 19.3. The quantitative estimate of drug-likeness (QED) is 0.637. The van der Waals surface area contributed by atoms with E-state index in [9.17, 15) is 22.0 Å². The van der Waals surface area contributed by atoms with Crippen LogP contribution in [0, 0.1) is 5.82 Å². The molecule has 0 amide bonds. The molecule has 0 saturated heterocycles. The Balaban J connectivity index is 2.25. The van der Waals surface area contributed by atoms with E-state index in [1.54, 1.807) is 0 Å². The standard InChI is InChI=1S/C10H7F5/c11-7-3-1-6(2-4-7)8-5-9(12,13)10(8,14)15/h1-4,8H,5H2/t8-/m1/s1. The first-order valence-corrected chi connectivity index (χ1v) is 4.36. The molecule has 0 aromatic heterocycles. The third kappa shape index (κ3) is 1.41. The summed E-state index contributed by atoms with van der Waals surface area (Å²) in [5.74, 6) is -10.0. The number of rotatable bonds is 1. The van der Waals surface area contributed by atoms with Crippen LogP contribution in [0.3, 0.4) is 0 Å². The third-order valence-corrected chi connectivity index (χ3v) is 2.66. The summed E-state index contributed by atoms with van der Waals surface area (Å²) in [5.41, 5.74) is 0.0484. The molecule has 1 fully saturated rings. The molecule has 5 heteroatoms. The molecule has 0 aliphatic heterocycles. The minimum Gasteiger partial charge on any atom is -0.207 e. The van der Waals surface area contributed by atoms with Crippen LogP contribution in [-0.2, 0) is 0 Å². The lowest BCUT2D eigenvalue weighted by atomic mass is 9.73. The predicted octanol–water partition coefficient (Wildman–Crippen LogP) is 3.58. The van der Waals surface area contributed by atoms with Crippen molar-refractivity contribution < 1.29 is 22.0 Å². The first-order valence-electron chi connectivity index (χ1n) is 4.36. The van der Waals surface area contributed by atoms with E-state index in [4.69, 9.17) is 0 Å². The predicted molar refractivity (Wildman–Crippen MR) is 43.7 cm³/mol. The van der Waals surface area contributed by atoms with Crippen LogP contribution in [-0.4, -0.2) is 11.8 Å². The first kappa shape index (κ1) is 10.4. The van der Waals surface area contributed by atoms with Crippen molar-refractivity contribution in [3.8, 4) is 0 Å². The van der Waals surface area contributed by atoms with Gasteiger partial charge in [0.05, 0.1) is 5.92 Å². The zero-order valence-electron chi connectivity index (χ0n) is 7.48. The van der Waals surface area contributed by atoms with Crippen LogP contribution < -0.4 is 0 Å². The zero-order valence-corrected chi connectivity index (χ0v) is 7.48. The van der Waals surface area contributed by atoms with Gasteiger partial charge in [-0.2, -0.15) is 17.6 Å². The van der Waals surface area contributed by atoms with Gasteiger partial charge in [-0.15, -0.1) is 0 Å². The summed E-state index contributed by atoms with van der Waals surface area (Å²) in [6, 6.07) is 4.20. The molecule has 15 heavy (non-hydrogen) atoms. The Bertz CT molecular complexity index is 368. The van der Waals surface area contributed by atoms with Crippen molar-refractivity contribution >= 4 is 0 Å². The summed E-state index contributed by atoms with van der Waals surface area (Å²) in [7, 11) is 0. The SMILES string of the molecule is Fc1ccc([C@H]2CC(F)(F)C2(F)F)cc1. The molecule has 0 N–H and O–H groups in total. The molecule has 1 saturated carbocycles. The van der Waals surface area contributed by atoms with Gasteiger partial charge in [0.1, 0.15) is 5.82 Å². The molecule has 1 aliphatic rings. The number of hydrogen-bond acceptors (Lipinski definition) is 0. The Morgan fingerprint density at radius 2 is 1.53 bits per heavy atom. The maximum absolute atomic E-state index is 12.9. The zero-order chi connectivity index (χ0) is 11.3. The average Bonchev–Trinajstić information content (AvgIpc) is 2.16. The molecule has 1 aromatic rings. The summed E-state index contributed by atoms with van der Waals surface area (Å²) < 4.78 is 63.3. The average molecular weight is 222 g/mol. The van der Waals surface area contributed by atoms with Crippen molar-refractivity contribution in [2.24, 2.45) is 0 Å². The van der Waals surface area contributed by atoms with E-state index in [0.29, 0.717) is 0 Å². The van der Waals surface area contributed by atoms with Gasteiger partial charge < -0.3 is 0 Å². The molecule has 0 bridgehead atoms. The van der Waals surface area contributed by atoms with Crippen molar-refractivity contribution in [2.75, 3.05) is 0 Å². The van der Waals surface area contributed by atoms with Gasteiger partial charge in [-0.05, 0) is 17.7 Å². The van der Waals surface area contributed by atoms with E-state index in [2.05, 4.69) is 0 Å². The highest BCUT2D eigenvalue weighted by molar-refractivity contribution is 5.28. The van der Waals surface area contributed by atoms with Crippen molar-refractivity contribution in [3.63, 3.8) is 0 Å². The molecule has 82 valence electrons. The normalized spacial score (nSPS) is 27.1. The lowest BCUT2D eigenvalue weighted by molar-refractivity contribution is -0.290. The molecule has 1 atom stereocenters. The maximum atomic E-state index is 12.9. The molecule has 0 nitrogen and oxygen atoms in total. The summed E-state index contributed by atoms with van der Waals surface area (Å²) in [6.45, 7) is 0. The number of benzene rings is 1. The smallest absolute Gasteiger partial charge is 0.207 e. The fourth-order valence-electron chi connectivity index (χ4n) is 1.67.